The van der Waals surface area contributed by atoms with Crippen molar-refractivity contribution < 1.29 is 19.2 Å². The summed E-state index contributed by atoms with van der Waals surface area (Å²) in [6.45, 7) is 5.14. The van der Waals surface area contributed by atoms with E-state index >= 15 is 0 Å². The topological polar surface area (TPSA) is 104 Å². The minimum atomic E-state index is -0.158. The van der Waals surface area contributed by atoms with Gasteiger partial charge in [-0.3, -0.25) is 19.2 Å². The molecule has 7 heteroatoms. The van der Waals surface area contributed by atoms with Crippen molar-refractivity contribution in [1.29, 1.82) is 0 Å². The molecule has 0 saturated carbocycles. The smallest absolute Gasteiger partial charge is 0.220 e. The summed E-state index contributed by atoms with van der Waals surface area (Å²) in [5.74, 6) is -0.177. The van der Waals surface area contributed by atoms with Crippen LogP contribution in [0.1, 0.15) is 58.8 Å². The quantitative estimate of drug-likeness (QED) is 0.433. The molecular formula is C16H29N3O4. The third-order valence-corrected chi connectivity index (χ3v) is 3.20. The first-order valence-electron chi connectivity index (χ1n) is 8.31. The van der Waals surface area contributed by atoms with E-state index in [4.69, 9.17) is 0 Å². The molecule has 132 valence electrons. The largest absolute Gasteiger partial charge is 0.356 e. The van der Waals surface area contributed by atoms with E-state index in [0.717, 1.165) is 0 Å². The zero-order chi connectivity index (χ0) is 17.5. The molecule has 0 unspecified atom stereocenters. The minimum Gasteiger partial charge on any atom is -0.356 e. The van der Waals surface area contributed by atoms with Crippen molar-refractivity contribution in [2.24, 2.45) is 0 Å². The highest BCUT2D eigenvalue weighted by Gasteiger charge is 2.06. The highest BCUT2D eigenvalue weighted by Crippen LogP contribution is 1.95. The van der Waals surface area contributed by atoms with Gasteiger partial charge >= 0.3 is 0 Å². The Morgan fingerprint density at radius 3 is 1.61 bits per heavy atom. The summed E-state index contributed by atoms with van der Waals surface area (Å²) in [7, 11) is 0. The summed E-state index contributed by atoms with van der Waals surface area (Å²) < 4.78 is 0. The van der Waals surface area contributed by atoms with E-state index in [1.165, 1.54) is 0 Å². The molecule has 0 atom stereocenters. The third-order valence-electron chi connectivity index (χ3n) is 3.20. The lowest BCUT2D eigenvalue weighted by molar-refractivity contribution is -0.125. The second kappa shape index (κ2) is 13.7. The van der Waals surface area contributed by atoms with Gasteiger partial charge in [0.2, 0.25) is 17.7 Å². The fourth-order valence-electron chi connectivity index (χ4n) is 1.85. The highest BCUT2D eigenvalue weighted by molar-refractivity contribution is 5.84. The summed E-state index contributed by atoms with van der Waals surface area (Å²) in [4.78, 5) is 45.3. The molecule has 0 rings (SSSR count). The lowest BCUT2D eigenvalue weighted by Gasteiger charge is -2.06. The summed E-state index contributed by atoms with van der Waals surface area (Å²) >= 11 is 0. The van der Waals surface area contributed by atoms with Crippen LogP contribution in [0.5, 0.6) is 0 Å². The lowest BCUT2D eigenvalue weighted by atomic mass is 10.2. The number of carbonyl (C=O) groups excluding carboxylic acids is 4. The molecule has 0 aromatic carbocycles. The number of nitrogens with one attached hydrogen (secondary N) is 3. The van der Waals surface area contributed by atoms with Gasteiger partial charge in [-0.05, 0) is 19.8 Å². The summed E-state index contributed by atoms with van der Waals surface area (Å²) in [5, 5.41) is 8.12. The summed E-state index contributed by atoms with van der Waals surface area (Å²) in [6, 6.07) is 0. The van der Waals surface area contributed by atoms with E-state index in [0.29, 0.717) is 51.7 Å². The zero-order valence-electron chi connectivity index (χ0n) is 14.2. The van der Waals surface area contributed by atoms with Gasteiger partial charge < -0.3 is 16.0 Å². The van der Waals surface area contributed by atoms with Crippen LogP contribution in [0, 0.1) is 0 Å². The molecule has 0 aromatic heterocycles. The van der Waals surface area contributed by atoms with Crippen molar-refractivity contribution >= 4 is 23.5 Å². The number of amides is 3. The molecule has 23 heavy (non-hydrogen) atoms. The van der Waals surface area contributed by atoms with Crippen LogP contribution in [0.3, 0.4) is 0 Å². The molecule has 0 heterocycles. The van der Waals surface area contributed by atoms with Crippen LogP contribution in [-0.4, -0.2) is 43.1 Å². The molecule has 0 aliphatic rings. The van der Waals surface area contributed by atoms with E-state index in [2.05, 4.69) is 16.0 Å². The van der Waals surface area contributed by atoms with Crippen molar-refractivity contribution in [3.05, 3.63) is 0 Å². The second-order valence-electron chi connectivity index (χ2n) is 5.25. The standard InChI is InChI=1S/C16H29N3O4/c1-3-13(20)9-10-16(23)19-12-6-8-15(22)18-11-5-7-14(21)17-4-2/h3-12H2,1-2H3,(H,17,21)(H,18,22)(H,19,23). The number of Topliss-reactive ketones (excluding diaryl/α,β-unsaturated/α-hetero) is 1. The Bertz CT molecular complexity index is 397. The fourth-order valence-corrected chi connectivity index (χ4v) is 1.85. The van der Waals surface area contributed by atoms with Crippen LogP contribution >= 0.6 is 0 Å². The van der Waals surface area contributed by atoms with Crippen LogP contribution in [-0.2, 0) is 19.2 Å². The van der Waals surface area contributed by atoms with Crippen LogP contribution in [0.2, 0.25) is 0 Å². The Morgan fingerprint density at radius 1 is 0.652 bits per heavy atom. The molecule has 0 aromatic rings. The average Bonchev–Trinajstić information content (AvgIpc) is 2.53. The monoisotopic (exact) mass is 327 g/mol. The van der Waals surface area contributed by atoms with Crippen LogP contribution in [0.4, 0.5) is 0 Å². The maximum absolute atomic E-state index is 11.5. The first kappa shape index (κ1) is 21.1. The summed E-state index contributed by atoms with van der Waals surface area (Å²) in [5.41, 5.74) is 0. The van der Waals surface area contributed by atoms with Gasteiger partial charge in [-0.25, -0.2) is 0 Å². The Labute approximate surface area is 138 Å². The SMILES string of the molecule is CCNC(=O)CCCNC(=O)CCCNC(=O)CCC(=O)CC. The van der Waals surface area contributed by atoms with Gasteiger partial charge in [-0.15, -0.1) is 0 Å². The van der Waals surface area contributed by atoms with Gasteiger partial charge in [0, 0.05) is 51.7 Å². The molecule has 0 aliphatic heterocycles. The first-order valence-corrected chi connectivity index (χ1v) is 8.31. The predicted molar refractivity (Wildman–Crippen MR) is 87.7 cm³/mol. The van der Waals surface area contributed by atoms with Gasteiger partial charge in [-0.2, -0.15) is 0 Å². The maximum Gasteiger partial charge on any atom is 0.220 e. The van der Waals surface area contributed by atoms with Gasteiger partial charge in [-0.1, -0.05) is 6.92 Å². The van der Waals surface area contributed by atoms with Gasteiger partial charge in [0.05, 0.1) is 0 Å². The van der Waals surface area contributed by atoms with Crippen molar-refractivity contribution in [1.82, 2.24) is 16.0 Å². The minimum absolute atomic E-state index is 0.00832. The van der Waals surface area contributed by atoms with Crippen molar-refractivity contribution in [2.45, 2.75) is 58.8 Å². The fraction of sp³-hybridized carbons (Fsp3) is 0.750. The van der Waals surface area contributed by atoms with Gasteiger partial charge in [0.15, 0.2) is 0 Å². The van der Waals surface area contributed by atoms with E-state index in [1.807, 2.05) is 6.92 Å². The van der Waals surface area contributed by atoms with Crippen molar-refractivity contribution in [3.63, 3.8) is 0 Å². The molecule has 7 nitrogen and oxygen atoms in total. The average molecular weight is 327 g/mol. The highest BCUT2D eigenvalue weighted by atomic mass is 16.2. The molecule has 0 radical (unpaired) electrons. The molecular weight excluding hydrogens is 298 g/mol. The Balaban J connectivity index is 3.51. The van der Waals surface area contributed by atoms with Crippen molar-refractivity contribution in [2.75, 3.05) is 19.6 Å². The van der Waals surface area contributed by atoms with E-state index in [1.54, 1.807) is 6.92 Å². The second-order valence-corrected chi connectivity index (χ2v) is 5.25. The Hall–Kier alpha value is -1.92. The van der Waals surface area contributed by atoms with Gasteiger partial charge in [0.25, 0.3) is 0 Å². The molecule has 0 aliphatic carbocycles. The Morgan fingerprint density at radius 2 is 1.13 bits per heavy atom. The molecule has 0 bridgehead atoms. The molecule has 0 fully saturated rings. The summed E-state index contributed by atoms with van der Waals surface area (Å²) in [6.07, 6.45) is 2.83. The normalized spacial score (nSPS) is 10.0. The molecule has 0 saturated heterocycles. The van der Waals surface area contributed by atoms with Crippen LogP contribution < -0.4 is 16.0 Å². The number of hydrogen-bond donors (Lipinski definition) is 3. The van der Waals surface area contributed by atoms with Gasteiger partial charge in [0.1, 0.15) is 5.78 Å². The number of carbonyl (C=O) groups is 4. The molecule has 3 amide bonds. The van der Waals surface area contributed by atoms with E-state index < -0.39 is 0 Å². The van der Waals surface area contributed by atoms with Crippen molar-refractivity contribution in [3.8, 4) is 0 Å². The third kappa shape index (κ3) is 13.5. The maximum atomic E-state index is 11.5. The van der Waals surface area contributed by atoms with E-state index in [-0.39, 0.29) is 36.3 Å². The zero-order valence-corrected chi connectivity index (χ0v) is 14.2. The van der Waals surface area contributed by atoms with Crippen LogP contribution in [0.15, 0.2) is 0 Å². The van der Waals surface area contributed by atoms with E-state index in [9.17, 15) is 19.2 Å². The lowest BCUT2D eigenvalue weighted by Crippen LogP contribution is -2.29. The Kier molecular flexibility index (Phi) is 12.6. The van der Waals surface area contributed by atoms with Crippen LogP contribution in [0.25, 0.3) is 0 Å². The molecule has 0 spiro atoms. The first-order chi connectivity index (χ1) is 11.0. The number of ketones is 1. The molecule has 3 N–H and O–H groups in total. The number of hydrogen-bond acceptors (Lipinski definition) is 4. The number of rotatable bonds is 13. The predicted octanol–water partition coefficient (Wildman–Crippen LogP) is 0.675.